The van der Waals surface area contributed by atoms with Gasteiger partial charge in [-0.05, 0) is 17.6 Å². The van der Waals surface area contributed by atoms with Gasteiger partial charge in [-0.3, -0.25) is 4.79 Å². The normalized spacial score (nSPS) is 13.1. The standard InChI is InChI=1S/C14H28OS/c1-5-7-8-13(6-2)9-14(15)11-16-10-12(3)4/h12-13H,5-11H2,1-4H3. The zero-order valence-corrected chi connectivity index (χ0v) is 12.2. The third kappa shape index (κ3) is 9.26. The second kappa shape index (κ2) is 10.2. The number of unbranched alkanes of at least 4 members (excludes halogenated alkanes) is 1. The molecule has 0 bridgehead atoms. The van der Waals surface area contributed by atoms with Crippen molar-refractivity contribution < 1.29 is 4.79 Å². The zero-order chi connectivity index (χ0) is 12.4. The quantitative estimate of drug-likeness (QED) is 0.561. The molecule has 0 N–H and O–H groups in total. The molecular weight excluding hydrogens is 216 g/mol. The van der Waals surface area contributed by atoms with Crippen LogP contribution in [0.5, 0.6) is 0 Å². The molecule has 1 unspecified atom stereocenters. The van der Waals surface area contributed by atoms with Crippen LogP contribution in [0.15, 0.2) is 0 Å². The van der Waals surface area contributed by atoms with E-state index in [4.69, 9.17) is 0 Å². The van der Waals surface area contributed by atoms with Crippen molar-refractivity contribution in [3.05, 3.63) is 0 Å². The lowest BCUT2D eigenvalue weighted by Crippen LogP contribution is -2.11. The second-order valence-electron chi connectivity index (χ2n) is 5.07. The summed E-state index contributed by atoms with van der Waals surface area (Å²) in [7, 11) is 0. The summed E-state index contributed by atoms with van der Waals surface area (Å²) >= 11 is 1.80. The van der Waals surface area contributed by atoms with Crippen molar-refractivity contribution in [2.24, 2.45) is 11.8 Å². The maximum absolute atomic E-state index is 11.7. The van der Waals surface area contributed by atoms with Crippen LogP contribution in [0, 0.1) is 11.8 Å². The molecule has 1 nitrogen and oxygen atoms in total. The lowest BCUT2D eigenvalue weighted by Gasteiger charge is -2.13. The third-order valence-electron chi connectivity index (χ3n) is 2.77. The van der Waals surface area contributed by atoms with Crippen molar-refractivity contribution in [2.45, 2.75) is 59.8 Å². The van der Waals surface area contributed by atoms with E-state index in [1.54, 1.807) is 11.8 Å². The largest absolute Gasteiger partial charge is 0.299 e. The van der Waals surface area contributed by atoms with E-state index in [-0.39, 0.29) is 0 Å². The minimum Gasteiger partial charge on any atom is -0.299 e. The molecule has 0 rings (SSSR count). The van der Waals surface area contributed by atoms with Crippen LogP contribution in [-0.2, 0) is 4.79 Å². The van der Waals surface area contributed by atoms with Crippen molar-refractivity contribution in [1.29, 1.82) is 0 Å². The second-order valence-corrected chi connectivity index (χ2v) is 6.10. The van der Waals surface area contributed by atoms with Crippen LogP contribution in [0.4, 0.5) is 0 Å². The van der Waals surface area contributed by atoms with Crippen LogP contribution < -0.4 is 0 Å². The van der Waals surface area contributed by atoms with E-state index < -0.39 is 0 Å². The van der Waals surface area contributed by atoms with Crippen molar-refractivity contribution in [2.75, 3.05) is 11.5 Å². The molecule has 0 aliphatic rings. The fraction of sp³-hybridized carbons (Fsp3) is 0.929. The highest BCUT2D eigenvalue weighted by Gasteiger charge is 2.11. The Bertz CT molecular complexity index is 178. The molecule has 2 heteroatoms. The topological polar surface area (TPSA) is 17.1 Å². The number of hydrogen-bond acceptors (Lipinski definition) is 2. The van der Waals surface area contributed by atoms with Crippen LogP contribution in [0.1, 0.15) is 59.8 Å². The fourth-order valence-electron chi connectivity index (χ4n) is 1.73. The Kier molecular flexibility index (Phi) is 10.2. The Hall–Kier alpha value is 0.0200. The van der Waals surface area contributed by atoms with E-state index in [1.807, 2.05) is 0 Å². The Morgan fingerprint density at radius 2 is 1.94 bits per heavy atom. The predicted molar refractivity (Wildman–Crippen MR) is 75.1 cm³/mol. The van der Waals surface area contributed by atoms with Crippen molar-refractivity contribution in [1.82, 2.24) is 0 Å². The summed E-state index contributed by atoms with van der Waals surface area (Å²) in [5.74, 6) is 3.61. The Morgan fingerprint density at radius 3 is 2.44 bits per heavy atom. The number of carbonyl (C=O) groups is 1. The maximum atomic E-state index is 11.7. The SMILES string of the molecule is CCCCC(CC)CC(=O)CSCC(C)C. The number of rotatable bonds is 10. The third-order valence-corrected chi connectivity index (χ3v) is 4.20. The van der Waals surface area contributed by atoms with Gasteiger partial charge in [-0.1, -0.05) is 53.4 Å². The summed E-state index contributed by atoms with van der Waals surface area (Å²) < 4.78 is 0. The van der Waals surface area contributed by atoms with Gasteiger partial charge in [0.05, 0.1) is 5.75 Å². The minimum atomic E-state index is 0.452. The van der Waals surface area contributed by atoms with E-state index >= 15 is 0 Å². The molecule has 0 fully saturated rings. The number of carbonyl (C=O) groups excluding carboxylic acids is 1. The van der Waals surface area contributed by atoms with Crippen LogP contribution in [0.2, 0.25) is 0 Å². The van der Waals surface area contributed by atoms with E-state index in [2.05, 4.69) is 27.7 Å². The van der Waals surface area contributed by atoms with Gasteiger partial charge in [-0.2, -0.15) is 11.8 Å². The highest BCUT2D eigenvalue weighted by molar-refractivity contribution is 7.99. The van der Waals surface area contributed by atoms with Gasteiger partial charge >= 0.3 is 0 Å². The Labute approximate surface area is 106 Å². The minimum absolute atomic E-state index is 0.452. The maximum Gasteiger partial charge on any atom is 0.143 e. The van der Waals surface area contributed by atoms with E-state index in [0.717, 1.165) is 24.3 Å². The Balaban J connectivity index is 3.65. The molecule has 0 saturated carbocycles. The highest BCUT2D eigenvalue weighted by Crippen LogP contribution is 2.18. The molecule has 0 radical (unpaired) electrons. The van der Waals surface area contributed by atoms with Gasteiger partial charge in [0.1, 0.15) is 5.78 Å². The van der Waals surface area contributed by atoms with Gasteiger partial charge in [0.15, 0.2) is 0 Å². The summed E-state index contributed by atoms with van der Waals surface area (Å²) in [5, 5.41) is 0. The first kappa shape index (κ1) is 16.0. The summed E-state index contributed by atoms with van der Waals surface area (Å²) in [6, 6.07) is 0. The summed E-state index contributed by atoms with van der Waals surface area (Å²) in [5.41, 5.74) is 0. The van der Waals surface area contributed by atoms with Crippen molar-refractivity contribution >= 4 is 17.5 Å². The van der Waals surface area contributed by atoms with Crippen molar-refractivity contribution in [3.63, 3.8) is 0 Å². The zero-order valence-electron chi connectivity index (χ0n) is 11.4. The molecule has 0 aliphatic heterocycles. The van der Waals surface area contributed by atoms with Crippen LogP contribution in [0.25, 0.3) is 0 Å². The van der Waals surface area contributed by atoms with Gasteiger partial charge in [-0.25, -0.2) is 0 Å². The summed E-state index contributed by atoms with van der Waals surface area (Å²) in [4.78, 5) is 11.7. The first-order valence-corrected chi connectivity index (χ1v) is 7.85. The molecule has 0 aromatic carbocycles. The molecule has 96 valence electrons. The molecule has 0 heterocycles. The monoisotopic (exact) mass is 244 g/mol. The molecule has 0 aliphatic carbocycles. The highest BCUT2D eigenvalue weighted by atomic mass is 32.2. The number of ketones is 1. The predicted octanol–water partition coefficient (Wildman–Crippen LogP) is 4.55. The molecule has 0 aromatic rings. The van der Waals surface area contributed by atoms with Gasteiger partial charge in [-0.15, -0.1) is 0 Å². The van der Waals surface area contributed by atoms with Crippen LogP contribution in [0.3, 0.4) is 0 Å². The first-order valence-electron chi connectivity index (χ1n) is 6.69. The molecular formula is C14H28OS. The number of Topliss-reactive ketones (excluding diaryl/α,β-unsaturated/α-hetero) is 1. The number of hydrogen-bond donors (Lipinski definition) is 0. The van der Waals surface area contributed by atoms with Gasteiger partial charge < -0.3 is 0 Å². The van der Waals surface area contributed by atoms with Crippen LogP contribution >= 0.6 is 11.8 Å². The van der Waals surface area contributed by atoms with Crippen LogP contribution in [-0.4, -0.2) is 17.3 Å². The van der Waals surface area contributed by atoms with E-state index in [9.17, 15) is 4.79 Å². The average molecular weight is 244 g/mol. The molecule has 0 spiro atoms. The summed E-state index contributed by atoms with van der Waals surface area (Å²) in [6.07, 6.45) is 5.70. The smallest absolute Gasteiger partial charge is 0.143 e. The lowest BCUT2D eigenvalue weighted by atomic mass is 9.94. The molecule has 0 saturated heterocycles. The average Bonchev–Trinajstić information content (AvgIpc) is 2.23. The molecule has 1 atom stereocenters. The molecule has 0 aromatic heterocycles. The molecule has 16 heavy (non-hydrogen) atoms. The van der Waals surface area contributed by atoms with E-state index in [1.165, 1.54) is 19.3 Å². The van der Waals surface area contributed by atoms with E-state index in [0.29, 0.717) is 17.6 Å². The van der Waals surface area contributed by atoms with Gasteiger partial charge in [0.25, 0.3) is 0 Å². The Morgan fingerprint density at radius 1 is 1.25 bits per heavy atom. The number of thioether (sulfide) groups is 1. The lowest BCUT2D eigenvalue weighted by molar-refractivity contribution is -0.117. The fourth-order valence-corrected chi connectivity index (χ4v) is 2.67. The van der Waals surface area contributed by atoms with Gasteiger partial charge in [0, 0.05) is 6.42 Å². The summed E-state index contributed by atoms with van der Waals surface area (Å²) in [6.45, 7) is 8.82. The van der Waals surface area contributed by atoms with Crippen molar-refractivity contribution in [3.8, 4) is 0 Å². The first-order chi connectivity index (χ1) is 7.60. The molecule has 0 amide bonds. The van der Waals surface area contributed by atoms with Gasteiger partial charge in [0.2, 0.25) is 0 Å².